The molecular weight excluding hydrogens is 260 g/mol. The zero-order valence-electron chi connectivity index (χ0n) is 12.3. The van der Waals surface area contributed by atoms with Crippen molar-refractivity contribution in [2.45, 2.75) is 52.1 Å². The third-order valence-electron chi connectivity index (χ3n) is 4.12. The van der Waals surface area contributed by atoms with E-state index in [2.05, 4.69) is 5.10 Å². The maximum absolute atomic E-state index is 12.7. The Labute approximate surface area is 117 Å². The van der Waals surface area contributed by atoms with Crippen molar-refractivity contribution in [2.75, 3.05) is 0 Å². The molecule has 0 N–H and O–H groups in total. The summed E-state index contributed by atoms with van der Waals surface area (Å²) in [6.07, 6.45) is 2.93. The minimum atomic E-state index is -0.519. The lowest BCUT2D eigenvalue weighted by Crippen LogP contribution is -2.47. The van der Waals surface area contributed by atoms with Crippen LogP contribution in [-0.4, -0.2) is 37.6 Å². The summed E-state index contributed by atoms with van der Waals surface area (Å²) < 4.78 is 1.39. The largest absolute Gasteiger partial charge is 0.332 e. The first-order valence-corrected chi connectivity index (χ1v) is 6.85. The fourth-order valence-corrected chi connectivity index (χ4v) is 2.90. The van der Waals surface area contributed by atoms with E-state index in [4.69, 9.17) is 0 Å². The van der Waals surface area contributed by atoms with Gasteiger partial charge in [-0.15, -0.1) is 0 Å². The van der Waals surface area contributed by atoms with Crippen LogP contribution in [-0.2, 0) is 7.05 Å². The van der Waals surface area contributed by atoms with E-state index in [1.54, 1.807) is 18.9 Å². The number of likely N-dealkylation sites (tertiary alicyclic amines) is 1. The average Bonchev–Trinajstić information content (AvgIpc) is 2.65. The topological polar surface area (TPSA) is 81.3 Å². The Bertz CT molecular complexity index is 542. The summed E-state index contributed by atoms with van der Waals surface area (Å²) in [6, 6.07) is 0.182. The summed E-state index contributed by atoms with van der Waals surface area (Å²) in [5.41, 5.74) is 0.175. The van der Waals surface area contributed by atoms with E-state index in [0.717, 1.165) is 19.3 Å². The third-order valence-corrected chi connectivity index (χ3v) is 4.12. The molecule has 1 amide bonds. The van der Waals surface area contributed by atoms with Crippen molar-refractivity contribution >= 4 is 11.6 Å². The summed E-state index contributed by atoms with van der Waals surface area (Å²) in [6.45, 7) is 5.56. The van der Waals surface area contributed by atoms with Crippen molar-refractivity contribution in [1.29, 1.82) is 0 Å². The predicted molar refractivity (Wildman–Crippen MR) is 73.5 cm³/mol. The number of aromatic nitrogens is 2. The zero-order chi connectivity index (χ0) is 15.0. The van der Waals surface area contributed by atoms with E-state index >= 15 is 0 Å². The molecule has 1 aromatic heterocycles. The first-order chi connectivity index (χ1) is 9.34. The van der Waals surface area contributed by atoms with Gasteiger partial charge in [-0.2, -0.15) is 5.10 Å². The minimum absolute atomic E-state index is 0.0457. The van der Waals surface area contributed by atoms with E-state index in [0.29, 0.717) is 5.69 Å². The number of amides is 1. The Hall–Kier alpha value is -1.92. The lowest BCUT2D eigenvalue weighted by Gasteiger charge is -2.38. The van der Waals surface area contributed by atoms with Crippen molar-refractivity contribution in [3.63, 3.8) is 0 Å². The van der Waals surface area contributed by atoms with Crippen molar-refractivity contribution in [2.24, 2.45) is 7.05 Å². The molecule has 2 rings (SSSR count). The molecule has 1 aromatic rings. The molecule has 7 nitrogen and oxygen atoms in total. The molecule has 2 atom stereocenters. The number of carbonyl (C=O) groups excluding carboxylic acids is 1. The average molecular weight is 280 g/mol. The second-order valence-corrected chi connectivity index (χ2v) is 5.50. The van der Waals surface area contributed by atoms with Gasteiger partial charge in [0.25, 0.3) is 5.91 Å². The predicted octanol–water partition coefficient (Wildman–Crippen LogP) is 2.04. The Morgan fingerprint density at radius 3 is 2.40 bits per heavy atom. The van der Waals surface area contributed by atoms with E-state index in [1.807, 2.05) is 13.8 Å². The van der Waals surface area contributed by atoms with Crippen LogP contribution in [0.3, 0.4) is 0 Å². The van der Waals surface area contributed by atoms with E-state index in [9.17, 15) is 14.9 Å². The van der Waals surface area contributed by atoms with Gasteiger partial charge in [-0.3, -0.25) is 19.6 Å². The van der Waals surface area contributed by atoms with Crippen LogP contribution < -0.4 is 0 Å². The minimum Gasteiger partial charge on any atom is -0.332 e. The monoisotopic (exact) mass is 280 g/mol. The highest BCUT2D eigenvalue weighted by molar-refractivity contribution is 5.97. The van der Waals surface area contributed by atoms with Crippen LogP contribution in [0.15, 0.2) is 0 Å². The highest BCUT2D eigenvalue weighted by Gasteiger charge is 2.36. The number of piperidine rings is 1. The SMILES string of the molecule is Cc1c([N+](=O)[O-])c(C(=O)N2C(C)CCCC2C)nn1C. The van der Waals surface area contributed by atoms with Crippen LogP contribution in [0.5, 0.6) is 0 Å². The van der Waals surface area contributed by atoms with Crippen LogP contribution in [0, 0.1) is 17.0 Å². The number of nitrogens with zero attached hydrogens (tertiary/aromatic N) is 4. The lowest BCUT2D eigenvalue weighted by molar-refractivity contribution is -0.385. The second kappa shape index (κ2) is 5.22. The fourth-order valence-electron chi connectivity index (χ4n) is 2.90. The second-order valence-electron chi connectivity index (χ2n) is 5.50. The summed E-state index contributed by atoms with van der Waals surface area (Å²) in [5.74, 6) is -0.333. The quantitative estimate of drug-likeness (QED) is 0.613. The van der Waals surface area contributed by atoms with Gasteiger partial charge in [-0.1, -0.05) is 0 Å². The van der Waals surface area contributed by atoms with Crippen LogP contribution in [0.2, 0.25) is 0 Å². The van der Waals surface area contributed by atoms with Gasteiger partial charge in [0.15, 0.2) is 0 Å². The Balaban J connectivity index is 2.43. The van der Waals surface area contributed by atoms with Crippen LogP contribution >= 0.6 is 0 Å². The molecule has 0 aliphatic carbocycles. The molecule has 0 aromatic carbocycles. The van der Waals surface area contributed by atoms with E-state index in [1.165, 1.54) is 4.68 Å². The first kappa shape index (κ1) is 14.5. The fraction of sp³-hybridized carbons (Fsp3) is 0.692. The molecule has 1 aliphatic heterocycles. The van der Waals surface area contributed by atoms with Gasteiger partial charge in [0, 0.05) is 19.1 Å². The number of hydrogen-bond donors (Lipinski definition) is 0. The van der Waals surface area contributed by atoms with Gasteiger partial charge in [0.05, 0.1) is 4.92 Å². The Morgan fingerprint density at radius 1 is 1.35 bits per heavy atom. The molecule has 0 radical (unpaired) electrons. The number of rotatable bonds is 2. The molecule has 20 heavy (non-hydrogen) atoms. The summed E-state index contributed by atoms with van der Waals surface area (Å²) in [4.78, 5) is 25.1. The molecule has 2 unspecified atom stereocenters. The highest BCUT2D eigenvalue weighted by atomic mass is 16.6. The smallest absolute Gasteiger partial charge is 0.322 e. The maximum atomic E-state index is 12.7. The van der Waals surface area contributed by atoms with Gasteiger partial charge in [-0.25, -0.2) is 0 Å². The van der Waals surface area contributed by atoms with Crippen molar-refractivity contribution in [3.05, 3.63) is 21.5 Å². The summed E-state index contributed by atoms with van der Waals surface area (Å²) >= 11 is 0. The molecular formula is C13H20N4O3. The van der Waals surface area contributed by atoms with Crippen molar-refractivity contribution in [1.82, 2.24) is 14.7 Å². The molecule has 0 spiro atoms. The molecule has 0 saturated carbocycles. The normalized spacial score (nSPS) is 22.9. The van der Waals surface area contributed by atoms with Crippen LogP contribution in [0.1, 0.15) is 49.3 Å². The van der Waals surface area contributed by atoms with E-state index in [-0.39, 0.29) is 29.4 Å². The number of hydrogen-bond acceptors (Lipinski definition) is 4. The number of nitro groups is 1. The number of carbonyl (C=O) groups is 1. The lowest BCUT2D eigenvalue weighted by atomic mass is 9.97. The molecule has 1 aliphatic rings. The summed E-state index contributed by atoms with van der Waals surface area (Å²) in [5, 5.41) is 15.2. The van der Waals surface area contributed by atoms with Gasteiger partial charge in [-0.05, 0) is 40.0 Å². The molecule has 110 valence electrons. The first-order valence-electron chi connectivity index (χ1n) is 6.85. The van der Waals surface area contributed by atoms with E-state index < -0.39 is 4.92 Å². The Kier molecular flexibility index (Phi) is 3.78. The molecule has 0 bridgehead atoms. The summed E-state index contributed by atoms with van der Waals surface area (Å²) in [7, 11) is 1.61. The molecule has 1 saturated heterocycles. The van der Waals surface area contributed by atoms with Crippen LogP contribution in [0.4, 0.5) is 5.69 Å². The molecule has 7 heteroatoms. The zero-order valence-corrected chi connectivity index (χ0v) is 12.3. The standard InChI is InChI=1S/C13H20N4O3/c1-8-6-5-7-9(2)16(8)13(18)11-12(17(19)20)10(3)15(4)14-11/h8-9H,5-7H2,1-4H3. The molecule has 2 heterocycles. The third kappa shape index (κ3) is 2.28. The van der Waals surface area contributed by atoms with Crippen molar-refractivity contribution in [3.8, 4) is 0 Å². The highest BCUT2D eigenvalue weighted by Crippen LogP contribution is 2.28. The molecule has 1 fully saturated rings. The van der Waals surface area contributed by atoms with Gasteiger partial charge >= 0.3 is 5.69 Å². The maximum Gasteiger partial charge on any atom is 0.322 e. The van der Waals surface area contributed by atoms with Gasteiger partial charge < -0.3 is 4.90 Å². The van der Waals surface area contributed by atoms with Gasteiger partial charge in [0.2, 0.25) is 5.69 Å². The Morgan fingerprint density at radius 2 is 1.90 bits per heavy atom. The van der Waals surface area contributed by atoms with Crippen molar-refractivity contribution < 1.29 is 9.72 Å². The van der Waals surface area contributed by atoms with Crippen LogP contribution in [0.25, 0.3) is 0 Å². The number of aryl methyl sites for hydroxylation is 1. The van der Waals surface area contributed by atoms with Gasteiger partial charge in [0.1, 0.15) is 5.69 Å².